The molecule has 0 aromatic carbocycles. The minimum Gasteiger partial charge on any atom is -0.446 e. The monoisotopic (exact) mass is 189 g/mol. The van der Waals surface area contributed by atoms with Crippen LogP contribution >= 0.6 is 0 Å². The summed E-state index contributed by atoms with van der Waals surface area (Å²) in [5, 5.41) is 11.2. The maximum Gasteiger partial charge on any atom is 0.407 e. The average molecular weight is 189 g/mol. The SMILES string of the molecule is C[C@@H](CCO)OC(=O)NC(C)(C)C. The van der Waals surface area contributed by atoms with E-state index in [-0.39, 0.29) is 18.2 Å². The molecular weight excluding hydrogens is 170 g/mol. The Hall–Kier alpha value is -0.770. The Morgan fingerprint density at radius 1 is 1.54 bits per heavy atom. The van der Waals surface area contributed by atoms with Crippen molar-refractivity contribution in [1.82, 2.24) is 5.32 Å². The predicted octanol–water partition coefficient (Wildman–Crippen LogP) is 1.28. The zero-order valence-electron chi connectivity index (χ0n) is 8.76. The number of alkyl carbamates (subject to hydrolysis) is 1. The Bertz CT molecular complexity index is 163. The molecule has 0 aromatic heterocycles. The summed E-state index contributed by atoms with van der Waals surface area (Å²) in [6.45, 7) is 7.42. The normalized spacial score (nSPS) is 13.6. The van der Waals surface area contributed by atoms with Crippen LogP contribution in [0.15, 0.2) is 0 Å². The molecule has 13 heavy (non-hydrogen) atoms. The molecule has 0 heterocycles. The third-order valence-electron chi connectivity index (χ3n) is 1.32. The molecular formula is C9H19NO3. The maximum absolute atomic E-state index is 11.1. The third kappa shape index (κ3) is 7.59. The Balaban J connectivity index is 3.74. The number of aliphatic hydroxyl groups excluding tert-OH is 1. The highest BCUT2D eigenvalue weighted by Gasteiger charge is 2.16. The Kier molecular flexibility index (Phi) is 4.77. The number of amides is 1. The summed E-state index contributed by atoms with van der Waals surface area (Å²) < 4.78 is 4.96. The van der Waals surface area contributed by atoms with Crippen molar-refractivity contribution < 1.29 is 14.6 Å². The Morgan fingerprint density at radius 3 is 2.46 bits per heavy atom. The fraction of sp³-hybridized carbons (Fsp3) is 0.889. The number of aliphatic hydroxyl groups is 1. The standard InChI is InChI=1S/C9H19NO3/c1-7(5-6-11)13-8(12)10-9(2,3)4/h7,11H,5-6H2,1-4H3,(H,10,12)/t7-/m0/s1. The second-order valence-electron chi connectivity index (χ2n) is 4.10. The molecule has 0 bridgehead atoms. The van der Waals surface area contributed by atoms with Gasteiger partial charge in [0.15, 0.2) is 0 Å². The summed E-state index contributed by atoms with van der Waals surface area (Å²) in [4.78, 5) is 11.1. The zero-order chi connectivity index (χ0) is 10.5. The lowest BCUT2D eigenvalue weighted by molar-refractivity contribution is 0.0848. The van der Waals surface area contributed by atoms with Crippen molar-refractivity contribution in [2.24, 2.45) is 0 Å². The fourth-order valence-electron chi connectivity index (χ4n) is 0.759. The van der Waals surface area contributed by atoms with Crippen LogP contribution in [0.5, 0.6) is 0 Å². The van der Waals surface area contributed by atoms with E-state index in [1.165, 1.54) is 0 Å². The van der Waals surface area contributed by atoms with E-state index < -0.39 is 6.09 Å². The van der Waals surface area contributed by atoms with Gasteiger partial charge in [-0.05, 0) is 27.7 Å². The molecule has 0 aliphatic carbocycles. The molecule has 0 fully saturated rings. The van der Waals surface area contributed by atoms with Crippen LogP contribution in [-0.4, -0.2) is 29.4 Å². The van der Waals surface area contributed by atoms with E-state index in [0.717, 1.165) is 0 Å². The van der Waals surface area contributed by atoms with E-state index in [1.54, 1.807) is 6.92 Å². The van der Waals surface area contributed by atoms with Crippen LogP contribution in [0.25, 0.3) is 0 Å². The van der Waals surface area contributed by atoms with Crippen molar-refractivity contribution in [3.05, 3.63) is 0 Å². The highest BCUT2D eigenvalue weighted by molar-refractivity contribution is 5.68. The van der Waals surface area contributed by atoms with Gasteiger partial charge in [0, 0.05) is 18.6 Å². The first kappa shape index (κ1) is 12.2. The predicted molar refractivity (Wildman–Crippen MR) is 50.5 cm³/mol. The molecule has 4 nitrogen and oxygen atoms in total. The maximum atomic E-state index is 11.1. The van der Waals surface area contributed by atoms with Gasteiger partial charge in [-0.2, -0.15) is 0 Å². The highest BCUT2D eigenvalue weighted by atomic mass is 16.6. The van der Waals surface area contributed by atoms with Crippen molar-refractivity contribution in [1.29, 1.82) is 0 Å². The highest BCUT2D eigenvalue weighted by Crippen LogP contribution is 2.02. The summed E-state index contributed by atoms with van der Waals surface area (Å²) >= 11 is 0. The molecule has 0 aromatic rings. The topological polar surface area (TPSA) is 58.6 Å². The summed E-state index contributed by atoms with van der Waals surface area (Å²) in [6.07, 6.45) is -0.210. The smallest absolute Gasteiger partial charge is 0.407 e. The van der Waals surface area contributed by atoms with Gasteiger partial charge in [0.05, 0.1) is 0 Å². The Labute approximate surface area is 79.3 Å². The molecule has 0 saturated carbocycles. The molecule has 0 radical (unpaired) electrons. The van der Waals surface area contributed by atoms with Crippen molar-refractivity contribution in [2.45, 2.75) is 45.8 Å². The van der Waals surface area contributed by atoms with Gasteiger partial charge in [0.1, 0.15) is 6.10 Å². The number of carbonyl (C=O) groups excluding carboxylic acids is 1. The molecule has 4 heteroatoms. The van der Waals surface area contributed by atoms with Gasteiger partial charge < -0.3 is 15.2 Å². The zero-order valence-corrected chi connectivity index (χ0v) is 8.76. The second kappa shape index (κ2) is 5.07. The Morgan fingerprint density at radius 2 is 2.08 bits per heavy atom. The van der Waals surface area contributed by atoms with E-state index in [4.69, 9.17) is 9.84 Å². The lowest BCUT2D eigenvalue weighted by atomic mass is 10.1. The summed E-state index contributed by atoms with van der Waals surface area (Å²) in [5.74, 6) is 0. The van der Waals surface area contributed by atoms with E-state index in [1.807, 2.05) is 20.8 Å². The molecule has 0 unspecified atom stereocenters. The van der Waals surface area contributed by atoms with Crippen LogP contribution in [0.2, 0.25) is 0 Å². The van der Waals surface area contributed by atoms with Crippen molar-refractivity contribution in [3.63, 3.8) is 0 Å². The van der Waals surface area contributed by atoms with Gasteiger partial charge in [-0.3, -0.25) is 0 Å². The summed E-state index contributed by atoms with van der Waals surface area (Å²) in [6, 6.07) is 0. The number of ether oxygens (including phenoxy) is 1. The van der Waals surface area contributed by atoms with Crippen molar-refractivity contribution in [3.8, 4) is 0 Å². The molecule has 2 N–H and O–H groups in total. The lowest BCUT2D eigenvalue weighted by Gasteiger charge is -2.21. The molecule has 0 spiro atoms. The quantitative estimate of drug-likeness (QED) is 0.703. The number of nitrogens with one attached hydrogen (secondary N) is 1. The van der Waals surface area contributed by atoms with E-state index in [0.29, 0.717) is 6.42 Å². The number of carbonyl (C=O) groups is 1. The molecule has 0 aliphatic rings. The molecule has 78 valence electrons. The van der Waals surface area contributed by atoms with E-state index in [9.17, 15) is 4.79 Å². The first-order valence-electron chi connectivity index (χ1n) is 4.45. The van der Waals surface area contributed by atoms with E-state index in [2.05, 4.69) is 5.32 Å². The van der Waals surface area contributed by atoms with E-state index >= 15 is 0 Å². The van der Waals surface area contributed by atoms with Gasteiger partial charge in [-0.25, -0.2) is 4.79 Å². The molecule has 0 aliphatic heterocycles. The van der Waals surface area contributed by atoms with Crippen LogP contribution < -0.4 is 5.32 Å². The van der Waals surface area contributed by atoms with Gasteiger partial charge in [-0.1, -0.05) is 0 Å². The van der Waals surface area contributed by atoms with Gasteiger partial charge in [-0.15, -0.1) is 0 Å². The van der Waals surface area contributed by atoms with Crippen LogP contribution in [0.1, 0.15) is 34.1 Å². The molecule has 0 rings (SSSR count). The summed E-state index contributed by atoms with van der Waals surface area (Å²) in [7, 11) is 0. The number of rotatable bonds is 3. The van der Waals surface area contributed by atoms with Crippen molar-refractivity contribution >= 4 is 6.09 Å². The van der Waals surface area contributed by atoms with Gasteiger partial charge in [0.2, 0.25) is 0 Å². The largest absolute Gasteiger partial charge is 0.446 e. The van der Waals surface area contributed by atoms with Gasteiger partial charge >= 0.3 is 6.09 Å². The first-order chi connectivity index (χ1) is 5.85. The van der Waals surface area contributed by atoms with Crippen LogP contribution in [-0.2, 0) is 4.74 Å². The second-order valence-corrected chi connectivity index (χ2v) is 4.10. The molecule has 1 amide bonds. The minimum absolute atomic E-state index is 0.0317. The van der Waals surface area contributed by atoms with Crippen LogP contribution in [0, 0.1) is 0 Å². The van der Waals surface area contributed by atoms with Gasteiger partial charge in [0.25, 0.3) is 0 Å². The first-order valence-corrected chi connectivity index (χ1v) is 4.45. The lowest BCUT2D eigenvalue weighted by Crippen LogP contribution is -2.42. The molecule has 1 atom stereocenters. The summed E-state index contributed by atoms with van der Waals surface area (Å²) in [5.41, 5.74) is -0.282. The minimum atomic E-state index is -0.437. The van der Waals surface area contributed by atoms with Crippen molar-refractivity contribution in [2.75, 3.05) is 6.61 Å². The molecule has 0 saturated heterocycles. The number of hydrogen-bond donors (Lipinski definition) is 2. The third-order valence-corrected chi connectivity index (χ3v) is 1.32. The average Bonchev–Trinajstić information content (AvgIpc) is 1.81. The van der Waals surface area contributed by atoms with Crippen LogP contribution in [0.4, 0.5) is 4.79 Å². The van der Waals surface area contributed by atoms with Crippen LogP contribution in [0.3, 0.4) is 0 Å². The fourth-order valence-corrected chi connectivity index (χ4v) is 0.759. The number of hydrogen-bond acceptors (Lipinski definition) is 3.